The Hall–Kier alpha value is -1.73. The van der Waals surface area contributed by atoms with Gasteiger partial charge in [0.15, 0.2) is 17.2 Å². The third-order valence-electron chi connectivity index (χ3n) is 4.06. The van der Waals surface area contributed by atoms with Gasteiger partial charge in [0, 0.05) is 13.5 Å². The smallest absolute Gasteiger partial charge is 0.252 e. The number of nitrogens with one attached hydrogen (secondary N) is 1. The molecule has 7 nitrogen and oxygen atoms in total. The van der Waals surface area contributed by atoms with E-state index in [1.54, 1.807) is 13.8 Å². The van der Waals surface area contributed by atoms with Gasteiger partial charge in [-0.05, 0) is 19.8 Å². The van der Waals surface area contributed by atoms with Crippen molar-refractivity contribution in [1.29, 1.82) is 0 Å². The van der Waals surface area contributed by atoms with Crippen molar-refractivity contribution in [3.63, 3.8) is 0 Å². The molecule has 1 saturated carbocycles. The lowest BCUT2D eigenvalue weighted by atomic mass is 9.98. The summed E-state index contributed by atoms with van der Waals surface area (Å²) in [6, 6.07) is 0. The molecular formula is C16H24N4O3. The van der Waals surface area contributed by atoms with Crippen LogP contribution in [-0.2, 0) is 4.74 Å². The minimum Gasteiger partial charge on any atom is -0.422 e. The van der Waals surface area contributed by atoms with Crippen LogP contribution in [0.25, 0.3) is 11.2 Å². The molecule has 2 aromatic heterocycles. The van der Waals surface area contributed by atoms with Crippen LogP contribution >= 0.6 is 0 Å². The van der Waals surface area contributed by atoms with Gasteiger partial charge >= 0.3 is 0 Å². The molecule has 2 aromatic rings. The maximum Gasteiger partial charge on any atom is 0.252 e. The summed E-state index contributed by atoms with van der Waals surface area (Å²) in [5.74, 6) is 1.73. The number of aliphatic hydroxyl groups is 1. The highest BCUT2D eigenvalue weighted by Gasteiger charge is 2.17. The third kappa shape index (κ3) is 4.17. The third-order valence-corrected chi connectivity index (χ3v) is 4.06. The van der Waals surface area contributed by atoms with E-state index in [4.69, 9.17) is 9.15 Å². The molecule has 0 saturated heterocycles. The lowest BCUT2D eigenvalue weighted by Gasteiger charge is -2.23. The Kier molecular flexibility index (Phi) is 5.07. The first-order valence-electron chi connectivity index (χ1n) is 8.27. The lowest BCUT2D eigenvalue weighted by Crippen LogP contribution is -2.29. The fraction of sp³-hybridized carbons (Fsp3) is 0.688. The van der Waals surface area contributed by atoms with Crippen LogP contribution in [0.5, 0.6) is 0 Å². The van der Waals surface area contributed by atoms with Gasteiger partial charge in [-0.1, -0.05) is 19.3 Å². The molecule has 0 radical (unpaired) electrons. The number of nitrogens with zero attached hydrogens (tertiary/aromatic N) is 3. The molecule has 0 bridgehead atoms. The fourth-order valence-corrected chi connectivity index (χ4v) is 2.91. The Morgan fingerprint density at radius 3 is 2.78 bits per heavy atom. The van der Waals surface area contributed by atoms with E-state index in [0.29, 0.717) is 48.0 Å². The maximum atomic E-state index is 10.1. The number of ether oxygens (including phenoxy) is 1. The largest absolute Gasteiger partial charge is 0.422 e. The second kappa shape index (κ2) is 7.23. The molecular weight excluding hydrogens is 296 g/mol. The quantitative estimate of drug-likeness (QED) is 0.843. The summed E-state index contributed by atoms with van der Waals surface area (Å²) in [7, 11) is 0. The minimum atomic E-state index is -0.588. The van der Waals surface area contributed by atoms with Gasteiger partial charge in [-0.2, -0.15) is 4.98 Å². The second-order valence-electron chi connectivity index (χ2n) is 6.13. The van der Waals surface area contributed by atoms with Gasteiger partial charge in [0.2, 0.25) is 0 Å². The Labute approximate surface area is 135 Å². The van der Waals surface area contributed by atoms with Gasteiger partial charge in [0.25, 0.3) is 5.71 Å². The monoisotopic (exact) mass is 320 g/mol. The number of hydrogen-bond acceptors (Lipinski definition) is 7. The van der Waals surface area contributed by atoms with Gasteiger partial charge in [0.1, 0.15) is 5.82 Å². The van der Waals surface area contributed by atoms with Crippen molar-refractivity contribution in [2.24, 2.45) is 0 Å². The van der Waals surface area contributed by atoms with E-state index in [0.717, 1.165) is 12.8 Å². The summed E-state index contributed by atoms with van der Waals surface area (Å²) in [6.45, 7) is 4.26. The standard InChI is InChI=1S/C16H24N4O3/c1-10-18-15(14-16(19-10)23-11(2)20-14)17-8-12(21)9-22-13-6-4-3-5-7-13/h12-13,21H,3-9H2,1-2H3,(H,17,18,19). The molecule has 23 heavy (non-hydrogen) atoms. The molecule has 1 fully saturated rings. The van der Waals surface area contributed by atoms with Crippen molar-refractivity contribution >= 4 is 17.0 Å². The molecule has 3 rings (SSSR count). The summed E-state index contributed by atoms with van der Waals surface area (Å²) >= 11 is 0. The minimum absolute atomic E-state index is 0.296. The fourth-order valence-electron chi connectivity index (χ4n) is 2.91. The topological polar surface area (TPSA) is 93.3 Å². The van der Waals surface area contributed by atoms with Crippen LogP contribution in [0, 0.1) is 13.8 Å². The van der Waals surface area contributed by atoms with E-state index in [1.807, 2.05) is 0 Å². The molecule has 1 aliphatic rings. The molecule has 1 atom stereocenters. The highest BCUT2D eigenvalue weighted by atomic mass is 16.5. The number of anilines is 1. The van der Waals surface area contributed by atoms with E-state index in [-0.39, 0.29) is 0 Å². The van der Waals surface area contributed by atoms with Gasteiger partial charge in [-0.15, -0.1) is 0 Å². The van der Waals surface area contributed by atoms with Crippen LogP contribution in [-0.4, -0.2) is 45.4 Å². The summed E-state index contributed by atoms with van der Waals surface area (Å²) in [5, 5.41) is 13.2. The molecule has 0 spiro atoms. The van der Waals surface area contributed by atoms with Gasteiger partial charge in [0.05, 0.1) is 18.8 Å². The average Bonchev–Trinajstić information content (AvgIpc) is 2.91. The zero-order chi connectivity index (χ0) is 16.2. The molecule has 0 aliphatic heterocycles. The first-order chi connectivity index (χ1) is 11.1. The SMILES string of the molecule is Cc1nc(NCC(O)COC2CCCCC2)c2nc(C)oc2n1. The normalized spacial score (nSPS) is 17.5. The van der Waals surface area contributed by atoms with E-state index >= 15 is 0 Å². The number of fused-ring (bicyclic) bond motifs is 1. The Balaban J connectivity index is 1.55. The molecule has 126 valence electrons. The van der Waals surface area contributed by atoms with Crippen molar-refractivity contribution in [1.82, 2.24) is 15.0 Å². The van der Waals surface area contributed by atoms with Crippen LogP contribution < -0.4 is 5.32 Å². The van der Waals surface area contributed by atoms with E-state index in [9.17, 15) is 5.11 Å². The number of oxazole rings is 1. The molecule has 0 aromatic carbocycles. The summed E-state index contributed by atoms with van der Waals surface area (Å²) < 4.78 is 11.2. The number of rotatable bonds is 6. The lowest BCUT2D eigenvalue weighted by molar-refractivity contribution is -0.0195. The zero-order valence-corrected chi connectivity index (χ0v) is 13.7. The van der Waals surface area contributed by atoms with E-state index in [2.05, 4.69) is 20.3 Å². The highest BCUT2D eigenvalue weighted by Crippen LogP contribution is 2.21. The number of aryl methyl sites for hydroxylation is 2. The van der Waals surface area contributed by atoms with Crippen molar-refractivity contribution in [3.8, 4) is 0 Å². The van der Waals surface area contributed by atoms with E-state index in [1.165, 1.54) is 19.3 Å². The van der Waals surface area contributed by atoms with Crippen LogP contribution in [0.2, 0.25) is 0 Å². The number of hydrogen-bond donors (Lipinski definition) is 2. The Morgan fingerprint density at radius 2 is 2.00 bits per heavy atom. The Bertz CT molecular complexity index is 652. The van der Waals surface area contributed by atoms with Crippen molar-refractivity contribution < 1.29 is 14.3 Å². The average molecular weight is 320 g/mol. The predicted molar refractivity (Wildman–Crippen MR) is 86.4 cm³/mol. The first kappa shape index (κ1) is 16.1. The summed E-state index contributed by atoms with van der Waals surface area (Å²) in [6.07, 6.45) is 5.66. The highest BCUT2D eigenvalue weighted by molar-refractivity contribution is 5.81. The predicted octanol–water partition coefficient (Wildman–Crippen LogP) is 2.36. The van der Waals surface area contributed by atoms with Crippen molar-refractivity contribution in [3.05, 3.63) is 11.7 Å². The number of aliphatic hydroxyl groups excluding tert-OH is 1. The van der Waals surface area contributed by atoms with Crippen LogP contribution in [0.1, 0.15) is 43.8 Å². The van der Waals surface area contributed by atoms with Gasteiger partial charge in [-0.3, -0.25) is 0 Å². The van der Waals surface area contributed by atoms with Gasteiger partial charge < -0.3 is 19.6 Å². The van der Waals surface area contributed by atoms with Crippen LogP contribution in [0.4, 0.5) is 5.82 Å². The molecule has 1 unspecified atom stereocenters. The van der Waals surface area contributed by atoms with Crippen LogP contribution in [0.15, 0.2) is 4.42 Å². The summed E-state index contributed by atoms with van der Waals surface area (Å²) in [5.41, 5.74) is 1.05. The molecule has 2 heterocycles. The molecule has 0 amide bonds. The summed E-state index contributed by atoms with van der Waals surface area (Å²) in [4.78, 5) is 12.8. The molecule has 7 heteroatoms. The first-order valence-corrected chi connectivity index (χ1v) is 8.27. The van der Waals surface area contributed by atoms with Crippen LogP contribution in [0.3, 0.4) is 0 Å². The Morgan fingerprint density at radius 1 is 1.22 bits per heavy atom. The van der Waals surface area contributed by atoms with E-state index < -0.39 is 6.10 Å². The molecule has 2 N–H and O–H groups in total. The van der Waals surface area contributed by atoms with Gasteiger partial charge in [-0.25, -0.2) is 9.97 Å². The van der Waals surface area contributed by atoms with Crippen molar-refractivity contribution in [2.45, 2.75) is 58.2 Å². The second-order valence-corrected chi connectivity index (χ2v) is 6.13. The van der Waals surface area contributed by atoms with Crippen molar-refractivity contribution in [2.75, 3.05) is 18.5 Å². The molecule has 1 aliphatic carbocycles. The zero-order valence-electron chi connectivity index (χ0n) is 13.7. The maximum absolute atomic E-state index is 10.1. The number of aromatic nitrogens is 3.